The summed E-state index contributed by atoms with van der Waals surface area (Å²) >= 11 is 1.47. The summed E-state index contributed by atoms with van der Waals surface area (Å²) in [6.45, 7) is 2.11. The second-order valence-corrected chi connectivity index (χ2v) is 6.57. The lowest BCUT2D eigenvalue weighted by molar-refractivity contribution is -0.118. The third-order valence-electron chi connectivity index (χ3n) is 4.02. The van der Waals surface area contributed by atoms with Crippen molar-refractivity contribution in [2.75, 3.05) is 5.32 Å². The number of hydrogen-bond donors (Lipinski definition) is 2. The monoisotopic (exact) mass is 309 g/mol. The molecule has 0 unspecified atom stereocenters. The van der Waals surface area contributed by atoms with Gasteiger partial charge in [-0.2, -0.15) is 5.10 Å². The number of nitrogens with zero attached hydrogens (tertiary/aromatic N) is 1. The van der Waals surface area contributed by atoms with Crippen molar-refractivity contribution in [3.05, 3.63) is 65.2 Å². The van der Waals surface area contributed by atoms with Crippen molar-refractivity contribution in [2.24, 2.45) is 5.10 Å². The molecule has 4 rings (SSSR count). The summed E-state index contributed by atoms with van der Waals surface area (Å²) in [5.74, 6) is -0.0598. The number of rotatable bonds is 2. The fraction of sp³-hybridized carbons (Fsp3) is 0.176. The van der Waals surface area contributed by atoms with Gasteiger partial charge in [-0.15, -0.1) is 0 Å². The molecule has 0 fully saturated rings. The molecule has 4 nitrogen and oxygen atoms in total. The molecule has 1 spiro atoms. The van der Waals surface area contributed by atoms with Crippen LogP contribution in [0.2, 0.25) is 0 Å². The Balaban J connectivity index is 1.74. The number of fused-ring (bicyclic) bond motifs is 2. The molecule has 0 saturated carbocycles. The Morgan fingerprint density at radius 1 is 1.18 bits per heavy atom. The Hall–Kier alpha value is -2.27. The van der Waals surface area contributed by atoms with E-state index in [4.69, 9.17) is 0 Å². The van der Waals surface area contributed by atoms with Crippen LogP contribution >= 0.6 is 11.8 Å². The minimum atomic E-state index is -0.842. The average Bonchev–Trinajstić information content (AvgIpc) is 3.12. The van der Waals surface area contributed by atoms with Crippen LogP contribution in [0.1, 0.15) is 23.6 Å². The highest BCUT2D eigenvalue weighted by molar-refractivity contribution is 8.16. The first kappa shape index (κ1) is 13.4. The van der Waals surface area contributed by atoms with Gasteiger partial charge in [-0.05, 0) is 24.1 Å². The zero-order valence-corrected chi connectivity index (χ0v) is 12.9. The van der Waals surface area contributed by atoms with Crippen molar-refractivity contribution >= 4 is 28.4 Å². The molecule has 1 amide bonds. The van der Waals surface area contributed by atoms with Crippen molar-refractivity contribution in [1.82, 2.24) is 5.43 Å². The summed E-state index contributed by atoms with van der Waals surface area (Å²) in [5, 5.41) is 8.21. The molecule has 0 bridgehead atoms. The lowest BCUT2D eigenvalue weighted by Crippen LogP contribution is -2.39. The number of aryl methyl sites for hydroxylation is 1. The van der Waals surface area contributed by atoms with Gasteiger partial charge in [-0.1, -0.05) is 55.1 Å². The SMILES string of the molecule is CCc1ccc2c(c1)[C@]1(NN=C(c3ccccc3)S1)C(=O)N2. The van der Waals surface area contributed by atoms with E-state index in [1.165, 1.54) is 17.3 Å². The minimum absolute atomic E-state index is 0.0598. The van der Waals surface area contributed by atoms with Crippen LogP contribution in [0.5, 0.6) is 0 Å². The normalized spacial score (nSPS) is 22.2. The first-order valence-electron chi connectivity index (χ1n) is 7.27. The first-order chi connectivity index (χ1) is 10.7. The molecule has 2 aliphatic rings. The number of amides is 1. The van der Waals surface area contributed by atoms with Crippen molar-refractivity contribution in [1.29, 1.82) is 0 Å². The van der Waals surface area contributed by atoms with Gasteiger partial charge in [-0.25, -0.2) is 0 Å². The number of hydrazone groups is 1. The number of hydrogen-bond acceptors (Lipinski definition) is 4. The number of benzene rings is 2. The van der Waals surface area contributed by atoms with E-state index in [1.807, 2.05) is 36.4 Å². The van der Waals surface area contributed by atoms with Crippen molar-refractivity contribution in [2.45, 2.75) is 18.2 Å². The maximum Gasteiger partial charge on any atom is 0.267 e. The van der Waals surface area contributed by atoms with E-state index in [9.17, 15) is 4.79 Å². The predicted molar refractivity (Wildman–Crippen MR) is 89.8 cm³/mol. The van der Waals surface area contributed by atoms with Crippen LogP contribution in [-0.2, 0) is 16.1 Å². The molecular formula is C17H15N3OS. The molecule has 0 aromatic heterocycles. The van der Waals surface area contributed by atoms with Crippen molar-refractivity contribution in [3.63, 3.8) is 0 Å². The van der Waals surface area contributed by atoms with Gasteiger partial charge in [0.1, 0.15) is 5.04 Å². The second-order valence-electron chi connectivity index (χ2n) is 5.37. The Bertz CT molecular complexity index is 788. The third kappa shape index (κ3) is 1.85. The molecule has 2 aliphatic heterocycles. The standard InChI is InChI=1S/C17H15N3OS/c1-2-11-8-9-14-13(10-11)17(16(21)18-14)20-19-15(22-17)12-6-4-3-5-7-12/h3-10,20H,2H2,1H3,(H,18,21)/t17-/m1/s1. The van der Waals surface area contributed by atoms with Gasteiger partial charge in [0.15, 0.2) is 0 Å². The molecular weight excluding hydrogens is 294 g/mol. The lowest BCUT2D eigenvalue weighted by Gasteiger charge is -2.20. The van der Waals surface area contributed by atoms with E-state index in [2.05, 4.69) is 34.9 Å². The molecule has 0 saturated heterocycles. The van der Waals surface area contributed by atoms with Gasteiger partial charge in [0.2, 0.25) is 4.87 Å². The van der Waals surface area contributed by atoms with E-state index in [0.29, 0.717) is 0 Å². The number of carbonyl (C=O) groups is 1. The topological polar surface area (TPSA) is 53.5 Å². The Morgan fingerprint density at radius 3 is 2.77 bits per heavy atom. The Labute approximate surface area is 133 Å². The zero-order chi connectivity index (χ0) is 15.2. The predicted octanol–water partition coefficient (Wildman–Crippen LogP) is 3.05. The fourth-order valence-electron chi connectivity index (χ4n) is 2.78. The van der Waals surface area contributed by atoms with Crippen LogP contribution in [-0.4, -0.2) is 11.0 Å². The molecule has 0 aliphatic carbocycles. The van der Waals surface area contributed by atoms with Crippen LogP contribution in [0.25, 0.3) is 0 Å². The molecule has 5 heteroatoms. The number of nitrogens with one attached hydrogen (secondary N) is 2. The Morgan fingerprint density at radius 2 is 2.00 bits per heavy atom. The first-order valence-corrected chi connectivity index (χ1v) is 8.09. The summed E-state index contributed by atoms with van der Waals surface area (Å²) in [6, 6.07) is 16.0. The largest absolute Gasteiger partial charge is 0.323 e. The van der Waals surface area contributed by atoms with E-state index < -0.39 is 4.87 Å². The van der Waals surface area contributed by atoms with Gasteiger partial charge in [0, 0.05) is 16.8 Å². The molecule has 2 aromatic carbocycles. The van der Waals surface area contributed by atoms with E-state index in [1.54, 1.807) is 0 Å². The van der Waals surface area contributed by atoms with E-state index in [-0.39, 0.29) is 5.91 Å². The Kier molecular flexibility index (Phi) is 2.97. The zero-order valence-electron chi connectivity index (χ0n) is 12.1. The molecule has 0 radical (unpaired) electrons. The average molecular weight is 309 g/mol. The van der Waals surface area contributed by atoms with Crippen LogP contribution in [0, 0.1) is 0 Å². The fourth-order valence-corrected chi connectivity index (χ4v) is 3.93. The van der Waals surface area contributed by atoms with Gasteiger partial charge in [0.05, 0.1) is 0 Å². The molecule has 22 heavy (non-hydrogen) atoms. The molecule has 110 valence electrons. The van der Waals surface area contributed by atoms with Gasteiger partial charge < -0.3 is 5.32 Å². The number of thioether (sulfide) groups is 1. The second kappa shape index (κ2) is 4.88. The highest BCUT2D eigenvalue weighted by Gasteiger charge is 2.51. The lowest BCUT2D eigenvalue weighted by atomic mass is 10.0. The molecule has 1 atom stereocenters. The van der Waals surface area contributed by atoms with E-state index >= 15 is 0 Å². The van der Waals surface area contributed by atoms with Gasteiger partial charge >= 0.3 is 0 Å². The molecule has 2 N–H and O–H groups in total. The highest BCUT2D eigenvalue weighted by atomic mass is 32.2. The summed E-state index contributed by atoms with van der Waals surface area (Å²) in [4.78, 5) is 11.7. The van der Waals surface area contributed by atoms with Crippen LogP contribution in [0.3, 0.4) is 0 Å². The third-order valence-corrected chi connectivity index (χ3v) is 5.35. The van der Waals surface area contributed by atoms with Crippen molar-refractivity contribution in [3.8, 4) is 0 Å². The van der Waals surface area contributed by atoms with Crippen LogP contribution < -0.4 is 10.7 Å². The summed E-state index contributed by atoms with van der Waals surface area (Å²) in [5.41, 5.74) is 7.14. The van der Waals surface area contributed by atoms with Gasteiger partial charge in [0.25, 0.3) is 5.91 Å². The van der Waals surface area contributed by atoms with Crippen LogP contribution in [0.15, 0.2) is 53.6 Å². The number of anilines is 1. The van der Waals surface area contributed by atoms with Crippen molar-refractivity contribution < 1.29 is 4.79 Å². The number of carbonyl (C=O) groups excluding carboxylic acids is 1. The maximum absolute atomic E-state index is 12.6. The summed E-state index contributed by atoms with van der Waals surface area (Å²) in [6.07, 6.45) is 0.939. The minimum Gasteiger partial charge on any atom is -0.323 e. The highest BCUT2D eigenvalue weighted by Crippen LogP contribution is 2.48. The molecule has 2 aromatic rings. The smallest absolute Gasteiger partial charge is 0.267 e. The molecule has 2 heterocycles. The summed E-state index contributed by atoms with van der Waals surface area (Å²) in [7, 11) is 0. The summed E-state index contributed by atoms with van der Waals surface area (Å²) < 4.78 is 0. The quantitative estimate of drug-likeness (QED) is 0.896. The van der Waals surface area contributed by atoms with Gasteiger partial charge in [-0.3, -0.25) is 10.2 Å². The maximum atomic E-state index is 12.6. The van der Waals surface area contributed by atoms with Crippen LogP contribution in [0.4, 0.5) is 5.69 Å². The van der Waals surface area contributed by atoms with E-state index in [0.717, 1.165) is 28.3 Å².